The largest absolute Gasteiger partial charge is 0.445 e. The van der Waals surface area contributed by atoms with E-state index < -0.39 is 6.09 Å². The van der Waals surface area contributed by atoms with E-state index in [2.05, 4.69) is 5.32 Å². The fraction of sp³-hybridized carbons (Fsp3) is 0.529. The maximum absolute atomic E-state index is 12.0. The Morgan fingerprint density at radius 2 is 1.96 bits per heavy atom. The second kappa shape index (κ2) is 7.97. The van der Waals surface area contributed by atoms with E-state index in [0.29, 0.717) is 12.8 Å². The molecule has 6 heteroatoms. The monoisotopic (exact) mass is 319 g/mol. The minimum atomic E-state index is -0.466. The highest BCUT2D eigenvalue weighted by atomic mass is 16.5. The van der Waals surface area contributed by atoms with Crippen molar-refractivity contribution >= 4 is 12.0 Å². The zero-order chi connectivity index (χ0) is 16.8. The number of alkyl carbamates (subject to hydrolysis) is 1. The fourth-order valence-corrected chi connectivity index (χ4v) is 2.89. The normalized spacial score (nSPS) is 23.9. The van der Waals surface area contributed by atoms with Crippen molar-refractivity contribution in [3.05, 3.63) is 35.9 Å². The van der Waals surface area contributed by atoms with Crippen LogP contribution >= 0.6 is 0 Å². The SMILES string of the molecule is CN(C)C(=O)[C@H]1CC[C@H](NC(=O)OCc2ccccc2)[C@H](N)C1. The zero-order valence-electron chi connectivity index (χ0n) is 13.7. The number of hydrogen-bond donors (Lipinski definition) is 2. The summed E-state index contributed by atoms with van der Waals surface area (Å²) in [6.07, 6.45) is 1.53. The van der Waals surface area contributed by atoms with Crippen LogP contribution in [0, 0.1) is 5.92 Å². The van der Waals surface area contributed by atoms with Gasteiger partial charge in [-0.3, -0.25) is 4.79 Å². The second-order valence-corrected chi connectivity index (χ2v) is 6.22. The lowest BCUT2D eigenvalue weighted by Gasteiger charge is -2.34. The van der Waals surface area contributed by atoms with Crippen LogP contribution in [0.5, 0.6) is 0 Å². The van der Waals surface area contributed by atoms with Crippen LogP contribution in [0.3, 0.4) is 0 Å². The van der Waals surface area contributed by atoms with Crippen molar-refractivity contribution < 1.29 is 14.3 Å². The molecular formula is C17H25N3O3. The molecule has 0 aliphatic heterocycles. The van der Waals surface area contributed by atoms with E-state index in [0.717, 1.165) is 12.0 Å². The van der Waals surface area contributed by atoms with Gasteiger partial charge in [-0.15, -0.1) is 0 Å². The van der Waals surface area contributed by atoms with Crippen molar-refractivity contribution in [2.24, 2.45) is 11.7 Å². The molecule has 1 aliphatic rings. The molecule has 0 saturated heterocycles. The maximum atomic E-state index is 12.0. The molecule has 2 amide bonds. The summed E-state index contributed by atoms with van der Waals surface area (Å²) in [6, 6.07) is 9.13. The van der Waals surface area contributed by atoms with Gasteiger partial charge in [0.1, 0.15) is 6.61 Å². The van der Waals surface area contributed by atoms with Crippen molar-refractivity contribution in [3.63, 3.8) is 0 Å². The van der Waals surface area contributed by atoms with Gasteiger partial charge in [0.05, 0.1) is 0 Å². The summed E-state index contributed by atoms with van der Waals surface area (Å²) in [5.74, 6) is 0.0453. The van der Waals surface area contributed by atoms with Crippen LogP contribution in [0.1, 0.15) is 24.8 Å². The van der Waals surface area contributed by atoms with Crippen LogP contribution in [0.2, 0.25) is 0 Å². The lowest BCUT2D eigenvalue weighted by Crippen LogP contribution is -2.52. The van der Waals surface area contributed by atoms with E-state index in [4.69, 9.17) is 10.5 Å². The van der Waals surface area contributed by atoms with Crippen LogP contribution in [0.4, 0.5) is 4.79 Å². The summed E-state index contributed by atoms with van der Waals surface area (Å²) in [5.41, 5.74) is 7.06. The van der Waals surface area contributed by atoms with E-state index in [1.54, 1.807) is 19.0 Å². The number of amides is 2. The van der Waals surface area contributed by atoms with E-state index in [1.165, 1.54) is 0 Å². The van der Waals surface area contributed by atoms with Crippen LogP contribution in [-0.4, -0.2) is 43.1 Å². The van der Waals surface area contributed by atoms with Crippen molar-refractivity contribution in [2.45, 2.75) is 38.0 Å². The Bertz CT molecular complexity index is 533. The average Bonchev–Trinajstić information content (AvgIpc) is 2.55. The molecule has 1 aromatic carbocycles. The predicted octanol–water partition coefficient (Wildman–Crippen LogP) is 1.50. The number of hydrogen-bond acceptors (Lipinski definition) is 4. The first-order valence-corrected chi connectivity index (χ1v) is 7.91. The first kappa shape index (κ1) is 17.3. The number of carbonyl (C=O) groups excluding carboxylic acids is 2. The molecule has 1 aliphatic carbocycles. The molecule has 1 fully saturated rings. The van der Waals surface area contributed by atoms with Gasteiger partial charge in [-0.25, -0.2) is 4.79 Å². The Kier molecular flexibility index (Phi) is 5.98. The Morgan fingerprint density at radius 3 is 2.57 bits per heavy atom. The van der Waals surface area contributed by atoms with Crippen LogP contribution in [0.15, 0.2) is 30.3 Å². The summed E-state index contributed by atoms with van der Waals surface area (Å²) in [7, 11) is 3.50. The van der Waals surface area contributed by atoms with Gasteiger partial charge in [0.25, 0.3) is 0 Å². The molecule has 3 atom stereocenters. The first-order valence-electron chi connectivity index (χ1n) is 7.91. The lowest BCUT2D eigenvalue weighted by atomic mass is 9.82. The van der Waals surface area contributed by atoms with Crippen molar-refractivity contribution in [3.8, 4) is 0 Å². The van der Waals surface area contributed by atoms with Crippen molar-refractivity contribution in [1.29, 1.82) is 0 Å². The Morgan fingerprint density at radius 1 is 1.26 bits per heavy atom. The number of nitrogens with zero attached hydrogens (tertiary/aromatic N) is 1. The zero-order valence-corrected chi connectivity index (χ0v) is 13.7. The van der Waals surface area contributed by atoms with Gasteiger partial charge in [0.2, 0.25) is 5.91 Å². The molecule has 0 spiro atoms. The minimum absolute atomic E-state index is 0.0570. The average molecular weight is 319 g/mol. The van der Waals surface area contributed by atoms with Gasteiger partial charge >= 0.3 is 6.09 Å². The maximum Gasteiger partial charge on any atom is 0.407 e. The number of nitrogens with one attached hydrogen (secondary N) is 1. The third-order valence-electron chi connectivity index (χ3n) is 4.21. The minimum Gasteiger partial charge on any atom is -0.445 e. The number of carbonyl (C=O) groups is 2. The number of benzene rings is 1. The van der Waals surface area contributed by atoms with Crippen molar-refractivity contribution in [2.75, 3.05) is 14.1 Å². The summed E-state index contributed by atoms with van der Waals surface area (Å²) < 4.78 is 5.21. The summed E-state index contributed by atoms with van der Waals surface area (Å²) >= 11 is 0. The summed E-state index contributed by atoms with van der Waals surface area (Å²) in [6.45, 7) is 0.233. The molecular weight excluding hydrogens is 294 g/mol. The number of ether oxygens (including phenoxy) is 1. The molecule has 3 N–H and O–H groups in total. The number of rotatable bonds is 4. The molecule has 6 nitrogen and oxygen atoms in total. The van der Waals surface area contributed by atoms with Crippen LogP contribution in [0.25, 0.3) is 0 Å². The molecule has 0 unspecified atom stereocenters. The van der Waals surface area contributed by atoms with Crippen molar-refractivity contribution in [1.82, 2.24) is 10.2 Å². The van der Waals surface area contributed by atoms with E-state index in [-0.39, 0.29) is 30.5 Å². The van der Waals surface area contributed by atoms with E-state index in [9.17, 15) is 9.59 Å². The van der Waals surface area contributed by atoms with Gasteiger partial charge in [0.15, 0.2) is 0 Å². The Hall–Kier alpha value is -2.08. The smallest absolute Gasteiger partial charge is 0.407 e. The van der Waals surface area contributed by atoms with Gasteiger partial charge in [-0.1, -0.05) is 30.3 Å². The topological polar surface area (TPSA) is 84.7 Å². The molecule has 23 heavy (non-hydrogen) atoms. The van der Waals surface area contributed by atoms with Gasteiger partial charge in [0, 0.05) is 32.1 Å². The first-order chi connectivity index (χ1) is 11.0. The molecule has 0 heterocycles. The summed E-state index contributed by atoms with van der Waals surface area (Å²) in [4.78, 5) is 25.5. The molecule has 2 rings (SSSR count). The van der Waals surface area contributed by atoms with E-state index >= 15 is 0 Å². The standard InChI is InChI=1S/C17H25N3O3/c1-20(2)16(21)13-8-9-15(14(18)10-13)19-17(22)23-11-12-6-4-3-5-7-12/h3-7,13-15H,8-11,18H2,1-2H3,(H,19,22)/t13-,14+,15-/m0/s1. The predicted molar refractivity (Wildman–Crippen MR) is 87.6 cm³/mol. The van der Waals surface area contributed by atoms with Gasteiger partial charge < -0.3 is 20.7 Å². The highest BCUT2D eigenvalue weighted by Crippen LogP contribution is 2.25. The molecule has 1 aromatic rings. The molecule has 0 aromatic heterocycles. The third-order valence-corrected chi connectivity index (χ3v) is 4.21. The quantitative estimate of drug-likeness (QED) is 0.881. The Labute approximate surface area is 137 Å². The molecule has 0 radical (unpaired) electrons. The Balaban J connectivity index is 1.77. The molecule has 0 bridgehead atoms. The molecule has 126 valence electrons. The lowest BCUT2D eigenvalue weighted by molar-refractivity contribution is -0.134. The third kappa shape index (κ3) is 4.96. The van der Waals surface area contributed by atoms with Crippen LogP contribution < -0.4 is 11.1 Å². The highest BCUT2D eigenvalue weighted by Gasteiger charge is 2.33. The number of nitrogens with two attached hydrogens (primary N) is 1. The molecule has 1 saturated carbocycles. The van der Waals surface area contributed by atoms with Gasteiger partial charge in [-0.2, -0.15) is 0 Å². The highest BCUT2D eigenvalue weighted by molar-refractivity contribution is 5.78. The van der Waals surface area contributed by atoms with Crippen LogP contribution in [-0.2, 0) is 16.1 Å². The van der Waals surface area contributed by atoms with E-state index in [1.807, 2.05) is 30.3 Å². The second-order valence-electron chi connectivity index (χ2n) is 6.22. The summed E-state index contributed by atoms with van der Waals surface area (Å²) in [5, 5.41) is 2.82. The van der Waals surface area contributed by atoms with Gasteiger partial charge in [-0.05, 0) is 24.8 Å². The fourth-order valence-electron chi connectivity index (χ4n) is 2.89.